The molecule has 1 aliphatic carbocycles. The molecule has 108 valence electrons. The average Bonchev–Trinajstić information content (AvgIpc) is 2.94. The van der Waals surface area contributed by atoms with E-state index >= 15 is 0 Å². The number of nitrogens with one attached hydrogen (secondary N) is 1. The minimum atomic E-state index is 0.505. The highest BCUT2D eigenvalue weighted by Gasteiger charge is 2.41. The van der Waals surface area contributed by atoms with Crippen molar-refractivity contribution in [3.05, 3.63) is 69.2 Å². The Morgan fingerprint density at radius 1 is 1.00 bits per heavy atom. The molecular weight excluding hydrogens is 301 g/mol. The van der Waals surface area contributed by atoms with Crippen LogP contribution in [0.3, 0.4) is 0 Å². The van der Waals surface area contributed by atoms with Gasteiger partial charge in [0, 0.05) is 24.4 Å². The van der Waals surface area contributed by atoms with Crippen LogP contribution in [0, 0.1) is 0 Å². The zero-order chi connectivity index (χ0) is 14.4. The van der Waals surface area contributed by atoms with Crippen LogP contribution in [-0.2, 0) is 6.42 Å². The van der Waals surface area contributed by atoms with Gasteiger partial charge in [0.05, 0.1) is 10.0 Å². The molecule has 2 aliphatic rings. The lowest BCUT2D eigenvalue weighted by atomic mass is 9.73. The molecule has 3 atom stereocenters. The smallest absolute Gasteiger partial charge is 0.0595 e. The van der Waals surface area contributed by atoms with Gasteiger partial charge in [-0.2, -0.15) is 0 Å². The van der Waals surface area contributed by atoms with Crippen molar-refractivity contribution < 1.29 is 0 Å². The van der Waals surface area contributed by atoms with Crippen LogP contribution >= 0.6 is 23.2 Å². The van der Waals surface area contributed by atoms with E-state index in [1.54, 1.807) is 0 Å². The summed E-state index contributed by atoms with van der Waals surface area (Å²) in [4.78, 5) is 0. The van der Waals surface area contributed by atoms with Crippen LogP contribution in [0.15, 0.2) is 42.5 Å². The molecule has 0 saturated carbocycles. The van der Waals surface area contributed by atoms with E-state index < -0.39 is 0 Å². The van der Waals surface area contributed by atoms with Crippen molar-refractivity contribution in [2.45, 2.75) is 30.7 Å². The molecule has 1 saturated heterocycles. The fraction of sp³-hybridized carbons (Fsp3) is 0.333. The monoisotopic (exact) mass is 317 g/mol. The summed E-state index contributed by atoms with van der Waals surface area (Å²) in [5, 5.41) is 5.06. The summed E-state index contributed by atoms with van der Waals surface area (Å²) in [7, 11) is 0. The molecular formula is C18H17Cl2N. The van der Waals surface area contributed by atoms with E-state index in [4.69, 9.17) is 23.2 Å². The number of rotatable bonds is 1. The molecule has 3 heteroatoms. The maximum atomic E-state index is 6.28. The van der Waals surface area contributed by atoms with Crippen LogP contribution < -0.4 is 5.32 Å². The molecule has 0 radical (unpaired) electrons. The van der Waals surface area contributed by atoms with Crippen LogP contribution in [0.5, 0.6) is 0 Å². The molecule has 0 bridgehead atoms. The third kappa shape index (κ3) is 2.28. The highest BCUT2D eigenvalue weighted by Crippen LogP contribution is 2.46. The fourth-order valence-electron chi connectivity index (χ4n) is 3.99. The molecule has 1 fully saturated rings. The summed E-state index contributed by atoms with van der Waals surface area (Å²) in [5.41, 5.74) is 4.17. The van der Waals surface area contributed by atoms with Gasteiger partial charge in [0.25, 0.3) is 0 Å². The minimum absolute atomic E-state index is 0.505. The molecule has 0 unspecified atom stereocenters. The van der Waals surface area contributed by atoms with Gasteiger partial charge in [0.15, 0.2) is 0 Å². The van der Waals surface area contributed by atoms with Gasteiger partial charge in [-0.05, 0) is 41.7 Å². The lowest BCUT2D eigenvalue weighted by Crippen LogP contribution is -2.30. The lowest BCUT2D eigenvalue weighted by molar-refractivity contribution is 0.467. The number of halogens is 2. The summed E-state index contributed by atoms with van der Waals surface area (Å²) < 4.78 is 0. The average molecular weight is 318 g/mol. The van der Waals surface area contributed by atoms with Gasteiger partial charge in [-0.1, -0.05) is 53.5 Å². The molecule has 21 heavy (non-hydrogen) atoms. The van der Waals surface area contributed by atoms with Crippen molar-refractivity contribution in [2.75, 3.05) is 6.54 Å². The molecule has 1 nitrogen and oxygen atoms in total. The highest BCUT2D eigenvalue weighted by atomic mass is 35.5. The van der Waals surface area contributed by atoms with Gasteiger partial charge in [-0.15, -0.1) is 0 Å². The van der Waals surface area contributed by atoms with E-state index in [1.807, 2.05) is 0 Å². The highest BCUT2D eigenvalue weighted by molar-refractivity contribution is 6.42. The number of hydrogen-bond donors (Lipinski definition) is 1. The molecule has 2 aromatic rings. The number of aryl methyl sites for hydroxylation is 1. The molecule has 0 spiro atoms. The Bertz CT molecular complexity index is 668. The first-order valence-electron chi connectivity index (χ1n) is 7.50. The zero-order valence-electron chi connectivity index (χ0n) is 11.7. The number of fused-ring (bicyclic) bond motifs is 3. The summed E-state index contributed by atoms with van der Waals surface area (Å²) in [6.07, 6.45) is 2.26. The van der Waals surface area contributed by atoms with Crippen molar-refractivity contribution in [3.63, 3.8) is 0 Å². The largest absolute Gasteiger partial charge is 0.313 e. The molecule has 4 rings (SSSR count). The minimum Gasteiger partial charge on any atom is -0.313 e. The van der Waals surface area contributed by atoms with Crippen molar-refractivity contribution in [2.24, 2.45) is 0 Å². The Morgan fingerprint density at radius 2 is 1.76 bits per heavy atom. The van der Waals surface area contributed by atoms with Gasteiger partial charge < -0.3 is 5.32 Å². The summed E-state index contributed by atoms with van der Waals surface area (Å²) in [6, 6.07) is 15.5. The molecule has 1 heterocycles. The second kappa shape index (κ2) is 5.31. The zero-order valence-corrected chi connectivity index (χ0v) is 13.2. The van der Waals surface area contributed by atoms with Crippen molar-refractivity contribution in [1.82, 2.24) is 5.32 Å². The van der Waals surface area contributed by atoms with Crippen LogP contribution in [0.2, 0.25) is 10.0 Å². The fourth-order valence-corrected chi connectivity index (χ4v) is 4.35. The Hall–Kier alpha value is -1.02. The molecule has 1 aliphatic heterocycles. The Kier molecular flexibility index (Phi) is 3.45. The van der Waals surface area contributed by atoms with Crippen LogP contribution in [0.1, 0.15) is 34.9 Å². The Morgan fingerprint density at radius 3 is 2.57 bits per heavy atom. The molecule has 2 aromatic carbocycles. The quantitative estimate of drug-likeness (QED) is 0.798. The Labute approximate surface area is 135 Å². The van der Waals surface area contributed by atoms with Crippen LogP contribution in [0.25, 0.3) is 0 Å². The standard InChI is InChI=1S/C18H17Cl2N/c19-15-8-12-6-7-17-18(13(12)9-16(15)20)14(10-21-17)11-4-2-1-3-5-11/h1-5,8-9,14,17-18,21H,6-7,10H2/t14-,17-,18-/m1/s1. The van der Waals surface area contributed by atoms with E-state index in [0.29, 0.717) is 27.9 Å². The number of hydrogen-bond acceptors (Lipinski definition) is 1. The van der Waals surface area contributed by atoms with E-state index in [1.165, 1.54) is 23.1 Å². The van der Waals surface area contributed by atoms with Gasteiger partial charge in [-0.25, -0.2) is 0 Å². The van der Waals surface area contributed by atoms with Crippen molar-refractivity contribution in [3.8, 4) is 0 Å². The predicted octanol–water partition coefficient (Wildman–Crippen LogP) is 4.78. The van der Waals surface area contributed by atoms with Crippen LogP contribution in [0.4, 0.5) is 0 Å². The Balaban J connectivity index is 1.80. The van der Waals surface area contributed by atoms with E-state index in [0.717, 1.165) is 13.0 Å². The first-order chi connectivity index (χ1) is 10.2. The summed E-state index contributed by atoms with van der Waals surface area (Å²) >= 11 is 12.5. The van der Waals surface area contributed by atoms with E-state index in [2.05, 4.69) is 47.8 Å². The maximum Gasteiger partial charge on any atom is 0.0595 e. The molecule has 1 N–H and O–H groups in total. The van der Waals surface area contributed by atoms with Gasteiger partial charge in [0.1, 0.15) is 0 Å². The molecule has 0 aromatic heterocycles. The predicted molar refractivity (Wildman–Crippen MR) is 88.5 cm³/mol. The molecule has 0 amide bonds. The summed E-state index contributed by atoms with van der Waals surface area (Å²) in [5.74, 6) is 1.03. The third-order valence-electron chi connectivity index (χ3n) is 4.96. The van der Waals surface area contributed by atoms with Crippen LogP contribution in [-0.4, -0.2) is 12.6 Å². The second-order valence-electron chi connectivity index (χ2n) is 6.06. The van der Waals surface area contributed by atoms with Gasteiger partial charge >= 0.3 is 0 Å². The van der Waals surface area contributed by atoms with Crippen molar-refractivity contribution >= 4 is 23.2 Å². The van der Waals surface area contributed by atoms with Gasteiger partial charge in [0.2, 0.25) is 0 Å². The van der Waals surface area contributed by atoms with Crippen molar-refractivity contribution in [1.29, 1.82) is 0 Å². The van der Waals surface area contributed by atoms with E-state index in [9.17, 15) is 0 Å². The van der Waals surface area contributed by atoms with Gasteiger partial charge in [-0.3, -0.25) is 0 Å². The normalized spacial score (nSPS) is 27.2. The topological polar surface area (TPSA) is 12.0 Å². The van der Waals surface area contributed by atoms with E-state index in [-0.39, 0.29) is 0 Å². The first-order valence-corrected chi connectivity index (χ1v) is 8.26. The lowest BCUT2D eigenvalue weighted by Gasteiger charge is -2.32. The SMILES string of the molecule is Clc1cc2c(cc1Cl)[C@@H]1[C@@H](c3ccccc3)CN[C@@H]1CC2. The second-order valence-corrected chi connectivity index (χ2v) is 6.88. The third-order valence-corrected chi connectivity index (χ3v) is 5.68. The number of benzene rings is 2. The summed E-state index contributed by atoms with van der Waals surface area (Å²) in [6.45, 7) is 1.04. The maximum absolute atomic E-state index is 6.28. The first kappa shape index (κ1) is 13.6.